The topological polar surface area (TPSA) is 132 Å². The van der Waals surface area contributed by atoms with Gasteiger partial charge in [-0.3, -0.25) is 4.79 Å². The van der Waals surface area contributed by atoms with E-state index in [1.165, 1.54) is 21.3 Å². The summed E-state index contributed by atoms with van der Waals surface area (Å²) in [6, 6.07) is 8.20. The van der Waals surface area contributed by atoms with E-state index in [9.17, 15) is 4.79 Å². The summed E-state index contributed by atoms with van der Waals surface area (Å²) >= 11 is 0. The van der Waals surface area contributed by atoms with Gasteiger partial charge < -0.3 is 34.7 Å². The van der Waals surface area contributed by atoms with E-state index in [0.29, 0.717) is 62.9 Å². The number of amides is 1. The van der Waals surface area contributed by atoms with Gasteiger partial charge in [-0.05, 0) is 42.8 Å². The van der Waals surface area contributed by atoms with Crippen LogP contribution in [-0.2, 0) is 4.79 Å². The summed E-state index contributed by atoms with van der Waals surface area (Å²) in [7, 11) is 7.69. The molecule has 0 saturated heterocycles. The van der Waals surface area contributed by atoms with E-state index in [-0.39, 0.29) is 0 Å². The first kappa shape index (κ1) is 23.7. The molecule has 11 heteroatoms. The zero-order valence-electron chi connectivity index (χ0n) is 20.3. The molecule has 0 aliphatic carbocycles. The maximum absolute atomic E-state index is 12.6. The number of hydrogen-bond acceptors (Lipinski definition) is 9. The lowest BCUT2D eigenvalue weighted by Crippen LogP contribution is -2.31. The zero-order chi connectivity index (χ0) is 25.3. The number of methoxy groups -OCH3 is 5. The molecule has 0 saturated carbocycles. The predicted octanol–water partition coefficient (Wildman–Crippen LogP) is 2.76. The Hall–Kier alpha value is -4.41. The van der Waals surface area contributed by atoms with Gasteiger partial charge in [-0.1, -0.05) is 0 Å². The second kappa shape index (κ2) is 9.45. The molecule has 35 heavy (non-hydrogen) atoms. The molecule has 4 rings (SSSR count). The Kier molecular flexibility index (Phi) is 6.41. The molecule has 3 N–H and O–H groups in total. The summed E-state index contributed by atoms with van der Waals surface area (Å²) in [5.74, 6) is 2.69. The highest BCUT2D eigenvalue weighted by atomic mass is 16.5. The van der Waals surface area contributed by atoms with Crippen LogP contribution >= 0.6 is 0 Å². The van der Waals surface area contributed by atoms with E-state index in [0.717, 1.165) is 0 Å². The maximum Gasteiger partial charge on any atom is 0.248 e. The van der Waals surface area contributed by atoms with Crippen molar-refractivity contribution in [2.45, 2.75) is 13.0 Å². The van der Waals surface area contributed by atoms with Crippen molar-refractivity contribution in [1.29, 1.82) is 0 Å². The van der Waals surface area contributed by atoms with Gasteiger partial charge in [-0.25, -0.2) is 4.68 Å². The smallest absolute Gasteiger partial charge is 0.248 e. The first-order valence-electron chi connectivity index (χ1n) is 10.6. The lowest BCUT2D eigenvalue weighted by Gasteiger charge is -2.28. The van der Waals surface area contributed by atoms with Crippen LogP contribution in [0.15, 0.2) is 41.6 Å². The van der Waals surface area contributed by atoms with Crippen LogP contribution in [0.2, 0.25) is 0 Å². The van der Waals surface area contributed by atoms with Gasteiger partial charge in [-0.2, -0.15) is 4.98 Å². The van der Waals surface area contributed by atoms with Crippen molar-refractivity contribution in [2.75, 3.05) is 40.9 Å². The molecular formula is C24H27N5O6. The van der Waals surface area contributed by atoms with E-state index in [1.54, 1.807) is 50.1 Å². The Balaban J connectivity index is 1.91. The third-order valence-corrected chi connectivity index (χ3v) is 5.76. The van der Waals surface area contributed by atoms with E-state index in [4.69, 9.17) is 34.5 Å². The number of aromatic nitrogens is 3. The van der Waals surface area contributed by atoms with Crippen molar-refractivity contribution < 1.29 is 28.5 Å². The highest BCUT2D eigenvalue weighted by molar-refractivity contribution is 5.95. The third kappa shape index (κ3) is 4.05. The molecule has 1 atom stereocenters. The second-order valence-electron chi connectivity index (χ2n) is 7.66. The van der Waals surface area contributed by atoms with Crippen LogP contribution in [0.1, 0.15) is 18.5 Å². The van der Waals surface area contributed by atoms with Crippen molar-refractivity contribution in [3.63, 3.8) is 0 Å². The average Bonchev–Trinajstić information content (AvgIpc) is 3.29. The van der Waals surface area contributed by atoms with Crippen LogP contribution in [0, 0.1) is 0 Å². The molecule has 1 unspecified atom stereocenters. The van der Waals surface area contributed by atoms with Crippen molar-refractivity contribution >= 4 is 11.9 Å². The molecule has 3 aromatic rings. The molecule has 184 valence electrons. The number of nitrogens with one attached hydrogen (secondary N) is 1. The van der Waals surface area contributed by atoms with Gasteiger partial charge >= 0.3 is 0 Å². The van der Waals surface area contributed by atoms with Crippen LogP contribution in [0.5, 0.6) is 28.7 Å². The second-order valence-corrected chi connectivity index (χ2v) is 7.66. The van der Waals surface area contributed by atoms with Gasteiger partial charge in [0.2, 0.25) is 17.6 Å². The number of carbonyl (C=O) groups excluding carboxylic acids is 1. The molecule has 0 bridgehead atoms. The van der Waals surface area contributed by atoms with Crippen LogP contribution in [-0.4, -0.2) is 56.2 Å². The summed E-state index contributed by atoms with van der Waals surface area (Å²) < 4.78 is 28.8. The number of hydrogen-bond donors (Lipinski definition) is 2. The van der Waals surface area contributed by atoms with Gasteiger partial charge in [0.1, 0.15) is 6.04 Å². The molecule has 1 amide bonds. The number of ether oxygens (including phenoxy) is 5. The van der Waals surface area contributed by atoms with Crippen LogP contribution in [0.3, 0.4) is 0 Å². The standard InChI is InChI=1S/C24H27N5O6/c1-12-19(22(25)30)20(14-10-17(33-4)21(35-6)18(11-14)34-5)29-24(26-12)27-23(28-29)13-7-8-15(31-2)16(9-13)32-3/h7-11,20H,1-6H3,(H2,25,30)(H,26,27,28). The largest absolute Gasteiger partial charge is 0.493 e. The van der Waals surface area contributed by atoms with Gasteiger partial charge in [0.15, 0.2) is 28.8 Å². The van der Waals surface area contributed by atoms with E-state index < -0.39 is 11.9 Å². The zero-order valence-corrected chi connectivity index (χ0v) is 20.3. The lowest BCUT2D eigenvalue weighted by atomic mass is 9.94. The number of nitrogens with zero attached hydrogens (tertiary/aromatic N) is 3. The third-order valence-electron chi connectivity index (χ3n) is 5.76. The number of allylic oxidation sites excluding steroid dienone is 1. The van der Waals surface area contributed by atoms with Gasteiger partial charge in [0, 0.05) is 11.3 Å². The van der Waals surface area contributed by atoms with Crippen molar-refractivity contribution in [3.05, 3.63) is 47.2 Å². The molecular weight excluding hydrogens is 454 g/mol. The quantitative estimate of drug-likeness (QED) is 0.498. The highest BCUT2D eigenvalue weighted by Crippen LogP contribution is 2.44. The lowest BCUT2D eigenvalue weighted by molar-refractivity contribution is -0.115. The van der Waals surface area contributed by atoms with Gasteiger partial charge in [-0.15, -0.1) is 5.10 Å². The first-order valence-corrected chi connectivity index (χ1v) is 10.6. The Morgan fingerprint density at radius 1 is 0.914 bits per heavy atom. The Morgan fingerprint density at radius 2 is 1.54 bits per heavy atom. The minimum absolute atomic E-state index is 0.329. The number of benzene rings is 2. The fraction of sp³-hybridized carbons (Fsp3) is 0.292. The minimum Gasteiger partial charge on any atom is -0.493 e. The normalized spacial score (nSPS) is 14.6. The van der Waals surface area contributed by atoms with Crippen molar-refractivity contribution in [3.8, 4) is 40.1 Å². The molecule has 2 heterocycles. The number of fused-ring (bicyclic) bond motifs is 1. The first-order chi connectivity index (χ1) is 16.9. The fourth-order valence-electron chi connectivity index (χ4n) is 4.14. The molecule has 0 spiro atoms. The molecule has 1 aliphatic heterocycles. The SMILES string of the molecule is COc1ccc(-c2nc3n(n2)C(c2cc(OC)c(OC)c(OC)c2)C(C(N)=O)=C(C)N3)cc1OC. The average molecular weight is 482 g/mol. The number of primary amides is 1. The number of nitrogens with two attached hydrogens (primary N) is 1. The monoisotopic (exact) mass is 481 g/mol. The van der Waals surface area contributed by atoms with Crippen LogP contribution < -0.4 is 34.7 Å². The van der Waals surface area contributed by atoms with E-state index in [2.05, 4.69) is 10.3 Å². The molecule has 11 nitrogen and oxygen atoms in total. The summed E-state index contributed by atoms with van der Waals surface area (Å²) in [5, 5.41) is 7.86. The minimum atomic E-state index is -0.696. The molecule has 1 aromatic heterocycles. The molecule has 2 aromatic carbocycles. The van der Waals surface area contributed by atoms with Gasteiger partial charge in [0.25, 0.3) is 0 Å². The molecule has 1 aliphatic rings. The number of anilines is 1. The Morgan fingerprint density at radius 3 is 2.09 bits per heavy atom. The van der Waals surface area contributed by atoms with Gasteiger partial charge in [0.05, 0.1) is 41.1 Å². The molecule has 0 radical (unpaired) electrons. The fourth-order valence-corrected chi connectivity index (χ4v) is 4.14. The maximum atomic E-state index is 12.6. The summed E-state index contributed by atoms with van der Waals surface area (Å²) in [6.45, 7) is 1.76. The van der Waals surface area contributed by atoms with Crippen LogP contribution in [0.25, 0.3) is 11.4 Å². The Labute approximate surface area is 202 Å². The summed E-state index contributed by atoms with van der Waals surface area (Å²) in [5.41, 5.74) is 8.06. The predicted molar refractivity (Wildman–Crippen MR) is 128 cm³/mol. The van der Waals surface area contributed by atoms with Crippen molar-refractivity contribution in [2.24, 2.45) is 5.73 Å². The van der Waals surface area contributed by atoms with E-state index >= 15 is 0 Å². The molecule has 0 fully saturated rings. The number of carbonyl (C=O) groups is 1. The van der Waals surface area contributed by atoms with E-state index in [1.807, 2.05) is 6.07 Å². The Bertz CT molecular complexity index is 1290. The summed E-state index contributed by atoms with van der Waals surface area (Å²) in [4.78, 5) is 17.2. The van der Waals surface area contributed by atoms with Crippen LogP contribution in [0.4, 0.5) is 5.95 Å². The highest BCUT2D eigenvalue weighted by Gasteiger charge is 2.35. The van der Waals surface area contributed by atoms with Crippen molar-refractivity contribution in [1.82, 2.24) is 14.8 Å². The number of rotatable bonds is 8. The summed E-state index contributed by atoms with van der Waals surface area (Å²) in [6.07, 6.45) is 0.